The van der Waals surface area contributed by atoms with Crippen LogP contribution in [0.2, 0.25) is 0 Å². The Bertz CT molecular complexity index is 705. The second-order valence-corrected chi connectivity index (χ2v) is 6.62. The van der Waals surface area contributed by atoms with Crippen molar-refractivity contribution in [3.05, 3.63) is 52.9 Å². The zero-order valence-corrected chi connectivity index (χ0v) is 14.8. The van der Waals surface area contributed by atoms with Crippen molar-refractivity contribution in [2.45, 2.75) is 39.0 Å². The molecule has 0 radical (unpaired) electrons. The van der Waals surface area contributed by atoms with Crippen LogP contribution in [0.4, 0.5) is 0 Å². The van der Waals surface area contributed by atoms with Crippen LogP contribution in [0.3, 0.4) is 0 Å². The van der Waals surface area contributed by atoms with Crippen molar-refractivity contribution >= 4 is 5.91 Å². The fraction of sp³-hybridized carbons (Fsp3) is 0.474. The number of aryl methyl sites for hydroxylation is 1. The number of aromatic nitrogens is 1. The van der Waals surface area contributed by atoms with Gasteiger partial charge in [0, 0.05) is 32.8 Å². The van der Waals surface area contributed by atoms with E-state index >= 15 is 0 Å². The number of carbonyl (C=O) groups is 1. The van der Waals surface area contributed by atoms with Crippen molar-refractivity contribution in [3.63, 3.8) is 0 Å². The first-order valence-corrected chi connectivity index (χ1v) is 8.66. The molecule has 0 aliphatic carbocycles. The molecule has 0 atom stereocenters. The minimum atomic E-state index is -0.134. The van der Waals surface area contributed by atoms with Gasteiger partial charge in [-0.3, -0.25) is 9.69 Å². The highest BCUT2D eigenvalue weighted by Gasteiger charge is 2.23. The van der Waals surface area contributed by atoms with Gasteiger partial charge in [-0.2, -0.15) is 0 Å². The molecule has 6 heteroatoms. The third-order valence-electron chi connectivity index (χ3n) is 4.58. The van der Waals surface area contributed by atoms with Crippen molar-refractivity contribution < 1.29 is 14.1 Å². The first kappa shape index (κ1) is 17.6. The summed E-state index contributed by atoms with van der Waals surface area (Å²) in [6.45, 7) is 5.31. The normalized spacial score (nSPS) is 16.1. The summed E-state index contributed by atoms with van der Waals surface area (Å²) in [5.41, 5.74) is 3.64. The van der Waals surface area contributed by atoms with E-state index in [4.69, 9.17) is 9.26 Å². The minimum Gasteiger partial charge on any atom is -0.378 e. The maximum atomic E-state index is 12.4. The molecule has 1 saturated heterocycles. The van der Waals surface area contributed by atoms with Crippen molar-refractivity contribution in [3.8, 4) is 0 Å². The van der Waals surface area contributed by atoms with Gasteiger partial charge in [0.25, 0.3) is 5.91 Å². The molecule has 1 aromatic carbocycles. The highest BCUT2D eigenvalue weighted by Crippen LogP contribution is 2.16. The lowest BCUT2D eigenvalue weighted by Crippen LogP contribution is -2.44. The monoisotopic (exact) mass is 343 g/mol. The Kier molecular flexibility index (Phi) is 5.83. The zero-order valence-electron chi connectivity index (χ0n) is 14.8. The molecule has 0 saturated carbocycles. The predicted octanol–water partition coefficient (Wildman–Crippen LogP) is 2.52. The zero-order chi connectivity index (χ0) is 17.6. The molecule has 3 rings (SSSR count). The van der Waals surface area contributed by atoms with Crippen LogP contribution in [0, 0.1) is 6.92 Å². The Morgan fingerprint density at radius 1 is 1.40 bits per heavy atom. The minimum absolute atomic E-state index is 0.134. The molecule has 1 N–H and O–H groups in total. The van der Waals surface area contributed by atoms with E-state index in [-0.39, 0.29) is 18.6 Å². The fourth-order valence-corrected chi connectivity index (χ4v) is 3.25. The number of amides is 1. The summed E-state index contributed by atoms with van der Waals surface area (Å²) in [5.74, 6) is -0.134. The number of hydrogen-bond donors (Lipinski definition) is 1. The molecule has 2 heterocycles. The van der Waals surface area contributed by atoms with Crippen molar-refractivity contribution in [2.24, 2.45) is 0 Å². The SMILES string of the molecule is COCc1nocc1C(=O)NC1CCN(Cc2cccc(C)c2)CC1. The molecule has 1 fully saturated rings. The maximum absolute atomic E-state index is 12.4. The number of piperidine rings is 1. The summed E-state index contributed by atoms with van der Waals surface area (Å²) in [5, 5.41) is 6.91. The molecular weight excluding hydrogens is 318 g/mol. The van der Waals surface area contributed by atoms with Crippen LogP contribution in [0.1, 0.15) is 40.0 Å². The summed E-state index contributed by atoms with van der Waals surface area (Å²) >= 11 is 0. The molecule has 2 aromatic rings. The second kappa shape index (κ2) is 8.27. The number of benzene rings is 1. The first-order valence-electron chi connectivity index (χ1n) is 8.66. The van der Waals surface area contributed by atoms with Crippen LogP contribution in [-0.4, -0.2) is 42.2 Å². The number of rotatable bonds is 6. The molecule has 0 unspecified atom stereocenters. The molecule has 1 aliphatic heterocycles. The van der Waals surface area contributed by atoms with Crippen molar-refractivity contribution in [1.29, 1.82) is 0 Å². The number of carbonyl (C=O) groups excluding carboxylic acids is 1. The molecule has 1 amide bonds. The molecule has 0 bridgehead atoms. The van der Waals surface area contributed by atoms with Crippen LogP contribution in [0.5, 0.6) is 0 Å². The molecule has 134 valence electrons. The molecule has 6 nitrogen and oxygen atoms in total. The Morgan fingerprint density at radius 2 is 2.20 bits per heavy atom. The van der Waals surface area contributed by atoms with Gasteiger partial charge in [0.2, 0.25) is 0 Å². The standard InChI is InChI=1S/C19H25N3O3/c1-14-4-3-5-15(10-14)11-22-8-6-16(7-9-22)20-19(23)17-12-25-21-18(17)13-24-2/h3-5,10,12,16H,6-9,11,13H2,1-2H3,(H,20,23). The molecule has 0 spiro atoms. The quantitative estimate of drug-likeness (QED) is 0.873. The van der Waals surface area contributed by atoms with Crippen LogP contribution in [0.15, 0.2) is 35.1 Å². The largest absolute Gasteiger partial charge is 0.378 e. The van der Waals surface area contributed by atoms with Crippen LogP contribution < -0.4 is 5.32 Å². The van der Waals surface area contributed by atoms with Crippen LogP contribution in [-0.2, 0) is 17.9 Å². The molecule has 1 aromatic heterocycles. The summed E-state index contributed by atoms with van der Waals surface area (Å²) in [7, 11) is 1.57. The van der Waals surface area contributed by atoms with Gasteiger partial charge in [-0.1, -0.05) is 35.0 Å². The summed E-state index contributed by atoms with van der Waals surface area (Å²) in [4.78, 5) is 14.8. The Labute approximate surface area is 148 Å². The number of ether oxygens (including phenoxy) is 1. The van der Waals surface area contributed by atoms with Crippen LogP contribution in [0.25, 0.3) is 0 Å². The Hall–Kier alpha value is -2.18. The third-order valence-corrected chi connectivity index (χ3v) is 4.58. The Morgan fingerprint density at radius 3 is 2.92 bits per heavy atom. The topological polar surface area (TPSA) is 67.6 Å². The number of nitrogens with one attached hydrogen (secondary N) is 1. The average molecular weight is 343 g/mol. The van der Waals surface area contributed by atoms with E-state index in [1.165, 1.54) is 17.4 Å². The van der Waals surface area contributed by atoms with Crippen molar-refractivity contribution in [1.82, 2.24) is 15.4 Å². The second-order valence-electron chi connectivity index (χ2n) is 6.62. The van der Waals surface area contributed by atoms with Crippen LogP contribution >= 0.6 is 0 Å². The van der Waals surface area contributed by atoms with E-state index < -0.39 is 0 Å². The van der Waals surface area contributed by atoms with E-state index in [9.17, 15) is 4.79 Å². The number of hydrogen-bond acceptors (Lipinski definition) is 5. The van der Waals surface area contributed by atoms with Gasteiger partial charge in [-0.15, -0.1) is 0 Å². The first-order chi connectivity index (χ1) is 12.2. The van der Waals surface area contributed by atoms with Gasteiger partial charge in [0.15, 0.2) is 0 Å². The predicted molar refractivity (Wildman–Crippen MR) is 94.2 cm³/mol. The lowest BCUT2D eigenvalue weighted by molar-refractivity contribution is 0.0904. The smallest absolute Gasteiger partial charge is 0.256 e. The van der Waals surface area contributed by atoms with E-state index in [1.807, 2.05) is 0 Å². The summed E-state index contributed by atoms with van der Waals surface area (Å²) < 4.78 is 9.94. The lowest BCUT2D eigenvalue weighted by Gasteiger charge is -2.32. The highest BCUT2D eigenvalue weighted by molar-refractivity contribution is 5.95. The Balaban J connectivity index is 1.49. The summed E-state index contributed by atoms with van der Waals surface area (Å²) in [6, 6.07) is 8.81. The molecule has 25 heavy (non-hydrogen) atoms. The fourth-order valence-electron chi connectivity index (χ4n) is 3.25. The summed E-state index contributed by atoms with van der Waals surface area (Å²) in [6.07, 6.45) is 3.28. The van der Waals surface area contributed by atoms with E-state index in [2.05, 4.69) is 46.6 Å². The van der Waals surface area contributed by atoms with Gasteiger partial charge < -0.3 is 14.6 Å². The van der Waals surface area contributed by atoms with Gasteiger partial charge in [0.05, 0.1) is 6.61 Å². The number of methoxy groups -OCH3 is 1. The van der Waals surface area contributed by atoms with Gasteiger partial charge in [-0.25, -0.2) is 0 Å². The number of nitrogens with zero attached hydrogens (tertiary/aromatic N) is 2. The number of likely N-dealkylation sites (tertiary alicyclic amines) is 1. The third kappa shape index (κ3) is 4.67. The lowest BCUT2D eigenvalue weighted by atomic mass is 10.0. The maximum Gasteiger partial charge on any atom is 0.256 e. The highest BCUT2D eigenvalue weighted by atomic mass is 16.5. The molecular formula is C19H25N3O3. The van der Waals surface area contributed by atoms with Gasteiger partial charge in [-0.05, 0) is 25.3 Å². The van der Waals surface area contributed by atoms with E-state index in [0.717, 1.165) is 32.5 Å². The average Bonchev–Trinajstić information content (AvgIpc) is 3.05. The van der Waals surface area contributed by atoms with E-state index in [1.54, 1.807) is 7.11 Å². The van der Waals surface area contributed by atoms with Crippen molar-refractivity contribution in [2.75, 3.05) is 20.2 Å². The van der Waals surface area contributed by atoms with E-state index in [0.29, 0.717) is 11.3 Å². The van der Waals surface area contributed by atoms with Gasteiger partial charge >= 0.3 is 0 Å². The molecule has 1 aliphatic rings. The van der Waals surface area contributed by atoms with Gasteiger partial charge in [0.1, 0.15) is 17.5 Å².